The van der Waals surface area contributed by atoms with Gasteiger partial charge in [-0.15, -0.1) is 0 Å². The number of benzene rings is 2. The molecule has 2 aromatic carbocycles. The van der Waals surface area contributed by atoms with Crippen molar-refractivity contribution in [1.82, 2.24) is 4.83 Å². The SMILES string of the molecule is CC1=Cc2ccccc2/C1=N\NS(=O)(=O)c1ccc(C)cc1. The summed E-state index contributed by atoms with van der Waals surface area (Å²) in [4.78, 5) is 2.53. The summed E-state index contributed by atoms with van der Waals surface area (Å²) in [7, 11) is -3.66. The highest BCUT2D eigenvalue weighted by molar-refractivity contribution is 7.89. The number of nitrogens with zero attached hydrogens (tertiary/aromatic N) is 1. The Bertz CT molecular complexity index is 879. The van der Waals surface area contributed by atoms with Crippen molar-refractivity contribution in [3.63, 3.8) is 0 Å². The first-order chi connectivity index (χ1) is 10.5. The Kier molecular flexibility index (Phi) is 3.58. The first-order valence-corrected chi connectivity index (χ1v) is 8.40. The molecule has 5 heteroatoms. The molecule has 0 fully saturated rings. The van der Waals surface area contributed by atoms with Crippen molar-refractivity contribution in [1.29, 1.82) is 0 Å². The van der Waals surface area contributed by atoms with Crippen molar-refractivity contribution >= 4 is 21.8 Å². The lowest BCUT2D eigenvalue weighted by Gasteiger charge is -2.06. The number of sulfonamides is 1. The number of nitrogens with one attached hydrogen (secondary N) is 1. The summed E-state index contributed by atoms with van der Waals surface area (Å²) in [6.07, 6.45) is 1.99. The zero-order chi connectivity index (χ0) is 15.7. The predicted molar refractivity (Wildman–Crippen MR) is 88.1 cm³/mol. The number of hydrogen-bond donors (Lipinski definition) is 1. The summed E-state index contributed by atoms with van der Waals surface area (Å²) in [5, 5.41) is 4.13. The molecule has 1 aliphatic carbocycles. The molecule has 0 saturated heterocycles. The summed E-state index contributed by atoms with van der Waals surface area (Å²) < 4.78 is 24.6. The third-order valence-electron chi connectivity index (χ3n) is 3.57. The molecule has 4 nitrogen and oxygen atoms in total. The van der Waals surface area contributed by atoms with Crippen LogP contribution in [0.4, 0.5) is 0 Å². The maximum absolute atomic E-state index is 12.3. The quantitative estimate of drug-likeness (QED) is 0.885. The van der Waals surface area contributed by atoms with E-state index in [-0.39, 0.29) is 4.90 Å². The molecule has 0 radical (unpaired) electrons. The normalized spacial score (nSPS) is 15.5. The van der Waals surface area contributed by atoms with E-state index in [1.807, 2.05) is 44.2 Å². The summed E-state index contributed by atoms with van der Waals surface area (Å²) in [5.41, 5.74) is 4.59. The molecule has 0 aliphatic heterocycles. The third-order valence-corrected chi connectivity index (χ3v) is 4.79. The van der Waals surface area contributed by atoms with Crippen LogP contribution in [0, 0.1) is 6.92 Å². The fraction of sp³-hybridized carbons (Fsp3) is 0.118. The second kappa shape index (κ2) is 5.42. The van der Waals surface area contributed by atoms with Gasteiger partial charge in [0, 0.05) is 5.56 Å². The molecule has 1 N–H and O–H groups in total. The lowest BCUT2D eigenvalue weighted by molar-refractivity contribution is 0.584. The highest BCUT2D eigenvalue weighted by atomic mass is 32.2. The first kappa shape index (κ1) is 14.5. The van der Waals surface area contributed by atoms with Gasteiger partial charge in [-0.3, -0.25) is 0 Å². The Hall–Kier alpha value is -2.40. The summed E-state index contributed by atoms with van der Waals surface area (Å²) in [6, 6.07) is 14.4. The molecule has 0 bridgehead atoms. The van der Waals surface area contributed by atoms with E-state index in [1.54, 1.807) is 24.3 Å². The van der Waals surface area contributed by atoms with Gasteiger partial charge in [-0.2, -0.15) is 18.4 Å². The van der Waals surface area contributed by atoms with Gasteiger partial charge >= 0.3 is 0 Å². The lowest BCUT2D eigenvalue weighted by atomic mass is 10.1. The molecule has 0 atom stereocenters. The molecule has 0 amide bonds. The van der Waals surface area contributed by atoms with Gasteiger partial charge in [-0.05, 0) is 43.2 Å². The van der Waals surface area contributed by atoms with Crippen molar-refractivity contribution < 1.29 is 8.42 Å². The van der Waals surface area contributed by atoms with Crippen molar-refractivity contribution in [2.45, 2.75) is 18.7 Å². The van der Waals surface area contributed by atoms with Crippen molar-refractivity contribution in [2.24, 2.45) is 5.10 Å². The molecule has 0 unspecified atom stereocenters. The van der Waals surface area contributed by atoms with E-state index in [9.17, 15) is 8.42 Å². The van der Waals surface area contributed by atoms with E-state index in [0.29, 0.717) is 5.71 Å². The Morgan fingerprint density at radius 3 is 2.36 bits per heavy atom. The van der Waals surface area contributed by atoms with Gasteiger partial charge in [0.05, 0.1) is 10.6 Å². The van der Waals surface area contributed by atoms with E-state index in [2.05, 4.69) is 9.93 Å². The van der Waals surface area contributed by atoms with E-state index in [0.717, 1.165) is 22.3 Å². The number of hydrazone groups is 1. The number of rotatable bonds is 3. The predicted octanol–water partition coefficient (Wildman–Crippen LogP) is 3.09. The van der Waals surface area contributed by atoms with Crippen LogP contribution in [-0.4, -0.2) is 14.1 Å². The second-order valence-electron chi connectivity index (χ2n) is 5.28. The Morgan fingerprint density at radius 1 is 0.955 bits per heavy atom. The molecule has 3 rings (SSSR count). The fourth-order valence-corrected chi connectivity index (χ4v) is 3.19. The molecule has 0 aromatic heterocycles. The van der Waals surface area contributed by atoms with E-state index in [1.165, 1.54) is 0 Å². The number of allylic oxidation sites excluding steroid dienone is 1. The van der Waals surface area contributed by atoms with Crippen molar-refractivity contribution in [3.05, 3.63) is 70.8 Å². The van der Waals surface area contributed by atoms with E-state index in [4.69, 9.17) is 0 Å². The molecule has 2 aromatic rings. The Morgan fingerprint density at radius 2 is 1.64 bits per heavy atom. The van der Waals surface area contributed by atoms with Crippen LogP contribution in [0.3, 0.4) is 0 Å². The van der Waals surface area contributed by atoms with Gasteiger partial charge in [0.1, 0.15) is 0 Å². The summed E-state index contributed by atoms with van der Waals surface area (Å²) in [6.45, 7) is 3.83. The van der Waals surface area contributed by atoms with Crippen LogP contribution in [0.15, 0.2) is 64.1 Å². The summed E-state index contributed by atoms with van der Waals surface area (Å²) in [5.74, 6) is 0. The first-order valence-electron chi connectivity index (χ1n) is 6.91. The molecule has 0 saturated carbocycles. The zero-order valence-electron chi connectivity index (χ0n) is 12.4. The number of aryl methyl sites for hydroxylation is 1. The second-order valence-corrected chi connectivity index (χ2v) is 6.94. The zero-order valence-corrected chi connectivity index (χ0v) is 13.2. The third kappa shape index (κ3) is 2.67. The van der Waals surface area contributed by atoms with E-state index >= 15 is 0 Å². The van der Waals surface area contributed by atoms with Gasteiger partial charge in [0.25, 0.3) is 10.0 Å². The highest BCUT2D eigenvalue weighted by Crippen LogP contribution is 2.25. The van der Waals surface area contributed by atoms with Crippen LogP contribution in [0.2, 0.25) is 0 Å². The Labute approximate surface area is 130 Å². The molecule has 0 heterocycles. The lowest BCUT2D eigenvalue weighted by Crippen LogP contribution is -2.20. The van der Waals surface area contributed by atoms with Gasteiger partial charge < -0.3 is 0 Å². The van der Waals surface area contributed by atoms with Crippen LogP contribution < -0.4 is 4.83 Å². The smallest absolute Gasteiger partial charge is 0.200 e. The van der Waals surface area contributed by atoms with Crippen molar-refractivity contribution in [3.8, 4) is 0 Å². The van der Waals surface area contributed by atoms with Crippen molar-refractivity contribution in [2.75, 3.05) is 0 Å². The van der Waals surface area contributed by atoms with Gasteiger partial charge in [0.15, 0.2) is 0 Å². The number of fused-ring (bicyclic) bond motifs is 1. The van der Waals surface area contributed by atoms with Crippen LogP contribution in [-0.2, 0) is 10.0 Å². The average Bonchev–Trinajstić information content (AvgIpc) is 2.81. The highest BCUT2D eigenvalue weighted by Gasteiger charge is 2.19. The van der Waals surface area contributed by atoms with Crippen LogP contribution >= 0.6 is 0 Å². The summed E-state index contributed by atoms with van der Waals surface area (Å²) >= 11 is 0. The Balaban J connectivity index is 1.91. The molecular formula is C17H16N2O2S. The molecule has 112 valence electrons. The van der Waals surface area contributed by atoms with Crippen LogP contribution in [0.25, 0.3) is 6.08 Å². The molecule has 0 spiro atoms. The average molecular weight is 312 g/mol. The molecule has 1 aliphatic rings. The van der Waals surface area contributed by atoms with Gasteiger partial charge in [-0.25, -0.2) is 0 Å². The minimum absolute atomic E-state index is 0.204. The number of hydrogen-bond acceptors (Lipinski definition) is 3. The fourth-order valence-electron chi connectivity index (χ4n) is 2.38. The topological polar surface area (TPSA) is 58.5 Å². The minimum atomic E-state index is -3.66. The maximum atomic E-state index is 12.3. The van der Waals surface area contributed by atoms with Crippen LogP contribution in [0.5, 0.6) is 0 Å². The van der Waals surface area contributed by atoms with E-state index < -0.39 is 10.0 Å². The molecule has 22 heavy (non-hydrogen) atoms. The standard InChI is InChI=1S/C17H16N2O2S/c1-12-7-9-15(10-8-12)22(20,21)19-18-17-13(2)11-14-5-3-4-6-16(14)17/h3-11,19H,1-2H3/b18-17-. The maximum Gasteiger partial charge on any atom is 0.276 e. The molecular weight excluding hydrogens is 296 g/mol. The van der Waals surface area contributed by atoms with Crippen LogP contribution in [0.1, 0.15) is 23.6 Å². The monoisotopic (exact) mass is 312 g/mol. The largest absolute Gasteiger partial charge is 0.276 e. The van der Waals surface area contributed by atoms with Gasteiger partial charge in [-0.1, -0.05) is 42.0 Å². The minimum Gasteiger partial charge on any atom is -0.200 e. The van der Waals surface area contributed by atoms with Gasteiger partial charge in [0.2, 0.25) is 0 Å².